The van der Waals surface area contributed by atoms with Crippen molar-refractivity contribution in [1.29, 1.82) is 0 Å². The van der Waals surface area contributed by atoms with Crippen LogP contribution in [0.1, 0.15) is 24.5 Å². The number of fused-ring (bicyclic) bond motifs is 3. The molecular formula is C23H26N4O4. The molecule has 0 radical (unpaired) electrons. The molecule has 0 saturated carbocycles. The molecule has 8 nitrogen and oxygen atoms in total. The maximum atomic E-state index is 12.4. The van der Waals surface area contributed by atoms with E-state index in [1.54, 1.807) is 0 Å². The zero-order valence-corrected chi connectivity index (χ0v) is 17.6. The smallest absolute Gasteiger partial charge is 0.235 e. The fourth-order valence-corrected chi connectivity index (χ4v) is 4.42. The molecule has 2 fully saturated rings. The molecule has 0 aliphatic carbocycles. The minimum absolute atomic E-state index is 0.239. The van der Waals surface area contributed by atoms with Crippen LogP contribution >= 0.6 is 0 Å². The summed E-state index contributed by atoms with van der Waals surface area (Å²) in [5.41, 5.74) is 1.23. The Bertz CT molecular complexity index is 1130. The predicted molar refractivity (Wildman–Crippen MR) is 116 cm³/mol. The number of hydrogen-bond donors (Lipinski definition) is 1. The number of likely N-dealkylation sites (N-methyl/N-ethyl adjacent to an activating group) is 1. The van der Waals surface area contributed by atoms with E-state index >= 15 is 0 Å². The minimum Gasteiger partial charge on any atom is -0.492 e. The third-order valence-electron chi connectivity index (χ3n) is 6.29. The number of aromatic nitrogens is 1. The number of rotatable bonds is 5. The number of hydrogen-bond acceptors (Lipinski definition) is 7. The fourth-order valence-electron chi connectivity index (χ4n) is 4.42. The van der Waals surface area contributed by atoms with E-state index in [0.29, 0.717) is 30.7 Å². The molecule has 3 aromatic rings. The SMILES string of the molecule is CN1CCN(CCOc2ccc3c(ccc4onc([C@@H]5CCC(=O)NC5=O)c43)c2)CC1. The van der Waals surface area contributed by atoms with Gasteiger partial charge in [0.1, 0.15) is 18.1 Å². The Morgan fingerprint density at radius 2 is 2.00 bits per heavy atom. The van der Waals surface area contributed by atoms with Gasteiger partial charge in [-0.15, -0.1) is 0 Å². The maximum absolute atomic E-state index is 12.4. The molecule has 2 aromatic carbocycles. The first kappa shape index (κ1) is 20.0. The number of nitrogens with zero attached hydrogens (tertiary/aromatic N) is 3. The Morgan fingerprint density at radius 1 is 1.16 bits per heavy atom. The Morgan fingerprint density at radius 3 is 2.81 bits per heavy atom. The summed E-state index contributed by atoms with van der Waals surface area (Å²) in [5.74, 6) is -0.214. The van der Waals surface area contributed by atoms with E-state index < -0.39 is 5.92 Å². The molecule has 1 atom stereocenters. The van der Waals surface area contributed by atoms with Crippen molar-refractivity contribution in [1.82, 2.24) is 20.3 Å². The van der Waals surface area contributed by atoms with Crippen molar-refractivity contribution in [3.05, 3.63) is 36.0 Å². The van der Waals surface area contributed by atoms with Crippen LogP contribution in [-0.2, 0) is 9.59 Å². The average Bonchev–Trinajstić information content (AvgIpc) is 3.19. The van der Waals surface area contributed by atoms with Crippen molar-refractivity contribution in [3.63, 3.8) is 0 Å². The second-order valence-electron chi connectivity index (χ2n) is 8.39. The van der Waals surface area contributed by atoms with Crippen LogP contribution in [-0.4, -0.2) is 73.1 Å². The monoisotopic (exact) mass is 422 g/mol. The predicted octanol–water partition coefficient (Wildman–Crippen LogP) is 2.13. The lowest BCUT2D eigenvalue weighted by molar-refractivity contribution is -0.134. The van der Waals surface area contributed by atoms with Crippen molar-refractivity contribution < 1.29 is 18.8 Å². The lowest BCUT2D eigenvalue weighted by atomic mass is 9.91. The van der Waals surface area contributed by atoms with Gasteiger partial charge in [0.05, 0.1) is 11.3 Å². The number of amides is 2. The molecule has 3 heterocycles. The molecule has 162 valence electrons. The number of carbonyl (C=O) groups is 2. The molecule has 2 saturated heterocycles. The molecule has 2 amide bonds. The van der Waals surface area contributed by atoms with Crippen molar-refractivity contribution in [2.75, 3.05) is 46.4 Å². The number of carbonyl (C=O) groups excluding carboxylic acids is 2. The van der Waals surface area contributed by atoms with Crippen LogP contribution in [0.2, 0.25) is 0 Å². The first-order valence-electron chi connectivity index (χ1n) is 10.8. The minimum atomic E-state index is -0.482. The molecule has 5 rings (SSSR count). The Hall–Kier alpha value is -2.97. The van der Waals surface area contributed by atoms with Gasteiger partial charge in [0, 0.05) is 39.1 Å². The van der Waals surface area contributed by atoms with E-state index in [2.05, 4.69) is 27.3 Å². The molecule has 8 heteroatoms. The number of nitrogens with one attached hydrogen (secondary N) is 1. The van der Waals surface area contributed by atoms with Gasteiger partial charge in [-0.05, 0) is 48.5 Å². The highest BCUT2D eigenvalue weighted by atomic mass is 16.5. The molecule has 0 bridgehead atoms. The summed E-state index contributed by atoms with van der Waals surface area (Å²) in [6.45, 7) is 5.90. The van der Waals surface area contributed by atoms with E-state index in [0.717, 1.165) is 54.6 Å². The van der Waals surface area contributed by atoms with Gasteiger partial charge in [-0.3, -0.25) is 19.8 Å². The van der Waals surface area contributed by atoms with E-state index in [-0.39, 0.29) is 11.8 Å². The summed E-state index contributed by atoms with van der Waals surface area (Å²) in [4.78, 5) is 28.6. The van der Waals surface area contributed by atoms with Gasteiger partial charge in [-0.1, -0.05) is 11.2 Å². The summed E-state index contributed by atoms with van der Waals surface area (Å²) in [7, 11) is 2.15. The summed E-state index contributed by atoms with van der Waals surface area (Å²) < 4.78 is 11.5. The summed E-state index contributed by atoms with van der Waals surface area (Å²) in [5, 5.41) is 9.39. The first-order chi connectivity index (χ1) is 15.1. The zero-order chi connectivity index (χ0) is 21.4. The molecule has 2 aliphatic heterocycles. The molecule has 0 spiro atoms. The molecular weight excluding hydrogens is 396 g/mol. The number of piperazine rings is 1. The van der Waals surface area contributed by atoms with Crippen molar-refractivity contribution in [2.45, 2.75) is 18.8 Å². The van der Waals surface area contributed by atoms with Crippen molar-refractivity contribution >= 4 is 33.6 Å². The summed E-state index contributed by atoms with van der Waals surface area (Å²) in [6, 6.07) is 9.81. The number of piperidine rings is 1. The van der Waals surface area contributed by atoms with Gasteiger partial charge in [-0.2, -0.15) is 0 Å². The zero-order valence-electron chi connectivity index (χ0n) is 17.6. The van der Waals surface area contributed by atoms with Gasteiger partial charge < -0.3 is 14.2 Å². The van der Waals surface area contributed by atoms with E-state index in [1.807, 2.05) is 30.3 Å². The highest BCUT2D eigenvalue weighted by Gasteiger charge is 2.32. The van der Waals surface area contributed by atoms with Crippen LogP contribution in [0.3, 0.4) is 0 Å². The van der Waals surface area contributed by atoms with Crippen LogP contribution < -0.4 is 10.1 Å². The standard InChI is InChI=1S/C23H26N4O4/c1-26-8-10-27(11-9-26)12-13-30-16-3-4-17-15(14-16)2-6-19-21(17)22(25-31-19)18-5-7-20(28)24-23(18)29/h2-4,6,14,18H,5,7-13H2,1H3,(H,24,28,29)/t18-/m0/s1. The van der Waals surface area contributed by atoms with E-state index in [9.17, 15) is 9.59 Å². The maximum Gasteiger partial charge on any atom is 0.235 e. The highest BCUT2D eigenvalue weighted by Crippen LogP contribution is 2.36. The lowest BCUT2D eigenvalue weighted by Crippen LogP contribution is -2.45. The van der Waals surface area contributed by atoms with Gasteiger partial charge in [0.15, 0.2) is 5.58 Å². The fraction of sp³-hybridized carbons (Fsp3) is 0.435. The second-order valence-corrected chi connectivity index (χ2v) is 8.39. The molecule has 0 unspecified atom stereocenters. The van der Waals surface area contributed by atoms with Crippen LogP contribution in [0.4, 0.5) is 0 Å². The van der Waals surface area contributed by atoms with Crippen molar-refractivity contribution in [2.24, 2.45) is 0 Å². The number of benzene rings is 2. The van der Waals surface area contributed by atoms with Gasteiger partial charge in [0.2, 0.25) is 11.8 Å². The van der Waals surface area contributed by atoms with Gasteiger partial charge in [-0.25, -0.2) is 0 Å². The number of imide groups is 1. The quantitative estimate of drug-likeness (QED) is 0.630. The highest BCUT2D eigenvalue weighted by molar-refractivity contribution is 6.10. The topological polar surface area (TPSA) is 87.9 Å². The average molecular weight is 422 g/mol. The Kier molecular flexibility index (Phi) is 5.33. The largest absolute Gasteiger partial charge is 0.492 e. The molecule has 31 heavy (non-hydrogen) atoms. The lowest BCUT2D eigenvalue weighted by Gasteiger charge is -2.32. The first-order valence-corrected chi connectivity index (χ1v) is 10.8. The Balaban J connectivity index is 1.35. The van der Waals surface area contributed by atoms with Gasteiger partial charge >= 0.3 is 0 Å². The molecule has 1 aromatic heterocycles. The van der Waals surface area contributed by atoms with Crippen LogP contribution in [0, 0.1) is 0 Å². The molecule has 2 aliphatic rings. The van der Waals surface area contributed by atoms with Crippen LogP contribution in [0.15, 0.2) is 34.9 Å². The normalized spacial score (nSPS) is 21.0. The second kappa shape index (κ2) is 8.28. The van der Waals surface area contributed by atoms with Crippen LogP contribution in [0.25, 0.3) is 21.7 Å². The summed E-state index contributed by atoms with van der Waals surface area (Å²) in [6.07, 6.45) is 0.747. The third-order valence-corrected chi connectivity index (χ3v) is 6.29. The van der Waals surface area contributed by atoms with Crippen molar-refractivity contribution in [3.8, 4) is 5.75 Å². The van der Waals surface area contributed by atoms with Gasteiger partial charge in [0.25, 0.3) is 0 Å². The van der Waals surface area contributed by atoms with Crippen LogP contribution in [0.5, 0.6) is 5.75 Å². The molecule has 1 N–H and O–H groups in total. The number of ether oxygens (including phenoxy) is 1. The summed E-state index contributed by atoms with van der Waals surface area (Å²) >= 11 is 0. The van der Waals surface area contributed by atoms with E-state index in [1.165, 1.54) is 0 Å². The Labute approximate surface area is 180 Å². The van der Waals surface area contributed by atoms with E-state index in [4.69, 9.17) is 9.26 Å². The third kappa shape index (κ3) is 4.00.